The van der Waals surface area contributed by atoms with E-state index < -0.39 is 0 Å². The predicted octanol–water partition coefficient (Wildman–Crippen LogP) is 3.49. The van der Waals surface area contributed by atoms with Gasteiger partial charge in [-0.2, -0.15) is 0 Å². The summed E-state index contributed by atoms with van der Waals surface area (Å²) in [5.41, 5.74) is 9.69. The third-order valence-electron chi connectivity index (χ3n) is 2.60. The molecule has 3 heteroatoms. The van der Waals surface area contributed by atoms with Crippen molar-refractivity contribution in [3.63, 3.8) is 0 Å². The summed E-state index contributed by atoms with van der Waals surface area (Å²) in [4.78, 5) is 0. The predicted molar refractivity (Wildman–Crippen MR) is 73.5 cm³/mol. The first-order chi connectivity index (χ1) is 8.15. The SMILES string of the molecule is CCC(N)Cc1ccc(OC/C(C)=C/Cl)cc1. The van der Waals surface area contributed by atoms with E-state index in [9.17, 15) is 0 Å². The second-order valence-corrected chi connectivity index (χ2v) is 4.48. The van der Waals surface area contributed by atoms with Crippen molar-refractivity contribution >= 4 is 11.6 Å². The van der Waals surface area contributed by atoms with Crippen LogP contribution in [0.5, 0.6) is 5.75 Å². The van der Waals surface area contributed by atoms with Gasteiger partial charge in [-0.3, -0.25) is 0 Å². The summed E-state index contributed by atoms with van der Waals surface area (Å²) in [6, 6.07) is 8.30. The van der Waals surface area contributed by atoms with Gasteiger partial charge in [0, 0.05) is 11.6 Å². The van der Waals surface area contributed by atoms with E-state index in [1.807, 2.05) is 19.1 Å². The third kappa shape index (κ3) is 5.24. The molecule has 0 saturated carbocycles. The second-order valence-electron chi connectivity index (χ2n) is 4.26. The smallest absolute Gasteiger partial charge is 0.119 e. The molecule has 17 heavy (non-hydrogen) atoms. The summed E-state index contributed by atoms with van der Waals surface area (Å²) in [5, 5.41) is 0. The average Bonchev–Trinajstić information content (AvgIpc) is 2.37. The van der Waals surface area contributed by atoms with E-state index in [0.29, 0.717) is 6.61 Å². The minimum absolute atomic E-state index is 0.239. The fraction of sp³-hybridized carbons (Fsp3) is 0.429. The molecule has 1 atom stereocenters. The van der Waals surface area contributed by atoms with E-state index in [0.717, 1.165) is 24.2 Å². The van der Waals surface area contributed by atoms with Crippen molar-refractivity contribution in [3.05, 3.63) is 40.9 Å². The van der Waals surface area contributed by atoms with Crippen LogP contribution in [0.1, 0.15) is 25.8 Å². The van der Waals surface area contributed by atoms with Crippen molar-refractivity contribution in [2.24, 2.45) is 5.73 Å². The Morgan fingerprint density at radius 2 is 2.06 bits per heavy atom. The standard InChI is InChI=1S/C14H20ClNO/c1-3-13(16)8-12-4-6-14(7-5-12)17-10-11(2)9-15/h4-7,9,13H,3,8,10,16H2,1-2H3/b11-9+. The van der Waals surface area contributed by atoms with E-state index in [2.05, 4.69) is 19.1 Å². The van der Waals surface area contributed by atoms with Crippen LogP contribution in [0, 0.1) is 0 Å². The highest BCUT2D eigenvalue weighted by Gasteiger charge is 2.01. The van der Waals surface area contributed by atoms with Crippen LogP contribution >= 0.6 is 11.6 Å². The van der Waals surface area contributed by atoms with Gasteiger partial charge < -0.3 is 10.5 Å². The quantitative estimate of drug-likeness (QED) is 0.842. The molecule has 1 rings (SSSR count). The Hall–Kier alpha value is -0.990. The molecule has 0 bridgehead atoms. The van der Waals surface area contributed by atoms with Crippen molar-refractivity contribution in [2.75, 3.05) is 6.61 Å². The van der Waals surface area contributed by atoms with Crippen molar-refractivity contribution in [1.82, 2.24) is 0 Å². The van der Waals surface area contributed by atoms with Crippen molar-refractivity contribution in [2.45, 2.75) is 32.7 Å². The van der Waals surface area contributed by atoms with E-state index in [4.69, 9.17) is 22.1 Å². The molecule has 0 aromatic heterocycles. The zero-order valence-electron chi connectivity index (χ0n) is 10.4. The van der Waals surface area contributed by atoms with Gasteiger partial charge in [0.15, 0.2) is 0 Å². The number of benzene rings is 1. The molecule has 0 aliphatic carbocycles. The van der Waals surface area contributed by atoms with Crippen LogP contribution in [0.4, 0.5) is 0 Å². The summed E-state index contributed by atoms with van der Waals surface area (Å²) in [7, 11) is 0. The maximum Gasteiger partial charge on any atom is 0.119 e. The lowest BCUT2D eigenvalue weighted by Crippen LogP contribution is -2.21. The summed E-state index contributed by atoms with van der Waals surface area (Å²) in [5.74, 6) is 0.858. The highest BCUT2D eigenvalue weighted by atomic mass is 35.5. The molecule has 0 amide bonds. The second kappa shape index (κ2) is 7.36. The van der Waals surface area contributed by atoms with E-state index in [-0.39, 0.29) is 6.04 Å². The van der Waals surface area contributed by atoms with Crippen molar-refractivity contribution in [1.29, 1.82) is 0 Å². The van der Waals surface area contributed by atoms with Gasteiger partial charge in [-0.1, -0.05) is 30.7 Å². The first-order valence-electron chi connectivity index (χ1n) is 5.89. The molecule has 0 spiro atoms. The first kappa shape index (κ1) is 14.1. The first-order valence-corrected chi connectivity index (χ1v) is 6.32. The van der Waals surface area contributed by atoms with Crippen LogP contribution in [0.2, 0.25) is 0 Å². The van der Waals surface area contributed by atoms with Gasteiger partial charge >= 0.3 is 0 Å². The van der Waals surface area contributed by atoms with Crippen LogP contribution in [-0.4, -0.2) is 12.6 Å². The van der Waals surface area contributed by atoms with Crippen LogP contribution in [0.3, 0.4) is 0 Å². The normalized spacial score (nSPS) is 13.5. The van der Waals surface area contributed by atoms with E-state index in [1.54, 1.807) is 0 Å². The van der Waals surface area contributed by atoms with E-state index >= 15 is 0 Å². The lowest BCUT2D eigenvalue weighted by Gasteiger charge is -2.10. The molecule has 1 aromatic rings. The Morgan fingerprint density at radius 1 is 1.41 bits per heavy atom. The van der Waals surface area contributed by atoms with Gasteiger partial charge in [-0.05, 0) is 43.0 Å². The molecule has 2 nitrogen and oxygen atoms in total. The minimum Gasteiger partial charge on any atom is -0.489 e. The monoisotopic (exact) mass is 253 g/mol. The van der Waals surface area contributed by atoms with Crippen LogP contribution < -0.4 is 10.5 Å². The summed E-state index contributed by atoms with van der Waals surface area (Å²) < 4.78 is 5.56. The molecule has 0 fully saturated rings. The zero-order chi connectivity index (χ0) is 12.7. The van der Waals surface area contributed by atoms with Gasteiger partial charge in [-0.15, -0.1) is 0 Å². The van der Waals surface area contributed by atoms with Gasteiger partial charge in [0.05, 0.1) is 0 Å². The van der Waals surface area contributed by atoms with Crippen LogP contribution in [0.25, 0.3) is 0 Å². The molecule has 1 aromatic carbocycles. The highest BCUT2D eigenvalue weighted by Crippen LogP contribution is 2.14. The van der Waals surface area contributed by atoms with Gasteiger partial charge in [0.25, 0.3) is 0 Å². The molecule has 0 aliphatic heterocycles. The van der Waals surface area contributed by atoms with Gasteiger partial charge in [0.2, 0.25) is 0 Å². The Balaban J connectivity index is 2.50. The summed E-state index contributed by atoms with van der Waals surface area (Å²) in [6.07, 6.45) is 1.91. The Morgan fingerprint density at radius 3 is 2.59 bits per heavy atom. The van der Waals surface area contributed by atoms with Crippen molar-refractivity contribution in [3.8, 4) is 5.75 Å². The van der Waals surface area contributed by atoms with Gasteiger partial charge in [0.1, 0.15) is 12.4 Å². The molecule has 94 valence electrons. The Labute approximate surface area is 108 Å². The molecular formula is C14H20ClNO. The maximum atomic E-state index is 5.91. The summed E-state index contributed by atoms with van der Waals surface area (Å²) in [6.45, 7) is 4.56. The number of hydrogen-bond acceptors (Lipinski definition) is 2. The van der Waals surface area contributed by atoms with Gasteiger partial charge in [-0.25, -0.2) is 0 Å². The van der Waals surface area contributed by atoms with Crippen molar-refractivity contribution < 1.29 is 4.74 Å². The maximum absolute atomic E-state index is 5.91. The number of rotatable bonds is 6. The molecular weight excluding hydrogens is 234 g/mol. The zero-order valence-corrected chi connectivity index (χ0v) is 11.2. The lowest BCUT2D eigenvalue weighted by molar-refractivity contribution is 0.352. The van der Waals surface area contributed by atoms with Crippen LogP contribution in [0.15, 0.2) is 35.4 Å². The largest absolute Gasteiger partial charge is 0.489 e. The highest BCUT2D eigenvalue weighted by molar-refractivity contribution is 6.25. The molecule has 0 heterocycles. The molecule has 0 saturated heterocycles. The minimum atomic E-state index is 0.239. The topological polar surface area (TPSA) is 35.2 Å². The lowest BCUT2D eigenvalue weighted by atomic mass is 10.0. The Bertz CT molecular complexity index is 359. The molecule has 0 radical (unpaired) electrons. The Kier molecular flexibility index (Phi) is 6.09. The average molecular weight is 254 g/mol. The number of halogens is 1. The molecule has 0 aliphatic rings. The van der Waals surface area contributed by atoms with E-state index in [1.165, 1.54) is 11.1 Å². The molecule has 1 unspecified atom stereocenters. The third-order valence-corrected chi connectivity index (χ3v) is 2.97. The number of nitrogens with two attached hydrogens (primary N) is 1. The van der Waals surface area contributed by atoms with Crippen LogP contribution in [-0.2, 0) is 6.42 Å². The summed E-state index contributed by atoms with van der Waals surface area (Å²) >= 11 is 5.56. The number of ether oxygens (including phenoxy) is 1. The number of hydrogen-bond donors (Lipinski definition) is 1. The fourth-order valence-electron chi connectivity index (χ4n) is 1.40. The fourth-order valence-corrected chi connectivity index (χ4v) is 1.46. The molecule has 2 N–H and O–H groups in total.